The van der Waals surface area contributed by atoms with Gasteiger partial charge in [0.25, 0.3) is 0 Å². The highest BCUT2D eigenvalue weighted by molar-refractivity contribution is 9.10. The van der Waals surface area contributed by atoms with Gasteiger partial charge in [-0.1, -0.05) is 22.0 Å². The third-order valence-electron chi connectivity index (χ3n) is 7.25. The molecule has 3 aliphatic rings. The minimum atomic E-state index is -3.12. The van der Waals surface area contributed by atoms with Gasteiger partial charge in [0.2, 0.25) is 0 Å². The zero-order chi connectivity index (χ0) is 25.6. The number of thiazole rings is 1. The molecule has 2 aromatic rings. The minimum Gasteiger partial charge on any atom is -0.463 e. The van der Waals surface area contributed by atoms with E-state index in [0.717, 1.165) is 30.0 Å². The molecule has 0 radical (unpaired) electrons. The van der Waals surface area contributed by atoms with Crippen LogP contribution in [0.5, 0.6) is 0 Å². The van der Waals surface area contributed by atoms with E-state index in [9.17, 15) is 17.6 Å². The van der Waals surface area contributed by atoms with Crippen LogP contribution in [0.15, 0.2) is 50.5 Å². The Bertz CT molecular complexity index is 1340. The van der Waals surface area contributed by atoms with E-state index in [4.69, 9.17) is 9.73 Å². The number of aromatic nitrogens is 1. The number of ether oxygens (including phenoxy) is 1. The Labute approximate surface area is 222 Å². The summed E-state index contributed by atoms with van der Waals surface area (Å²) in [7, 11) is -3.12. The Morgan fingerprint density at radius 3 is 2.72 bits per heavy atom. The molecule has 0 N–H and O–H groups in total. The summed E-state index contributed by atoms with van der Waals surface area (Å²) in [6.45, 7) is 2.62. The highest BCUT2D eigenvalue weighted by Crippen LogP contribution is 2.52. The maximum absolute atomic E-state index is 14.0. The zero-order valence-electron chi connectivity index (χ0n) is 20.0. The Kier molecular flexibility index (Phi) is 7.08. The molecular weight excluding hydrogens is 569 g/mol. The standard InChI is InChI=1S/C25H27BrFN3O4S2/c1-3-34-25(31)20-21(18-7-5-15(27)12-19(18)26)29-23(24-28-9-11-35-24)30-10-8-17(22(20)30)16-6-4-14(16)13-36(2,32)33/h5,7,9,11-12,14,16-17,21H,3-4,6,8,10,13H2,1-2H3/t14?,16-,17?,21-/m0/s1. The smallest absolute Gasteiger partial charge is 0.338 e. The van der Waals surface area contributed by atoms with Crippen molar-refractivity contribution in [3.8, 4) is 0 Å². The minimum absolute atomic E-state index is 0.00269. The summed E-state index contributed by atoms with van der Waals surface area (Å²) in [5.41, 5.74) is 1.95. The summed E-state index contributed by atoms with van der Waals surface area (Å²) in [4.78, 5) is 25.1. The summed E-state index contributed by atoms with van der Waals surface area (Å²) in [5, 5.41) is 2.62. The number of carbonyl (C=O) groups is 1. The summed E-state index contributed by atoms with van der Waals surface area (Å²) >= 11 is 4.94. The normalized spacial score (nSPS) is 25.9. The molecule has 0 amide bonds. The summed E-state index contributed by atoms with van der Waals surface area (Å²) in [6, 6.07) is 3.66. The molecule has 1 aromatic carbocycles. The van der Waals surface area contributed by atoms with Crippen LogP contribution < -0.4 is 0 Å². The van der Waals surface area contributed by atoms with Crippen molar-refractivity contribution in [1.29, 1.82) is 0 Å². The van der Waals surface area contributed by atoms with Crippen molar-refractivity contribution in [2.24, 2.45) is 22.7 Å². The predicted molar refractivity (Wildman–Crippen MR) is 140 cm³/mol. The molecule has 192 valence electrons. The van der Waals surface area contributed by atoms with Crippen molar-refractivity contribution in [2.45, 2.75) is 32.2 Å². The third kappa shape index (κ3) is 4.77. The van der Waals surface area contributed by atoms with Gasteiger partial charge in [0, 0.05) is 40.5 Å². The van der Waals surface area contributed by atoms with Crippen LogP contribution in [0.25, 0.3) is 0 Å². The van der Waals surface area contributed by atoms with Crippen molar-refractivity contribution in [1.82, 2.24) is 9.88 Å². The van der Waals surface area contributed by atoms with Crippen LogP contribution in [-0.4, -0.2) is 55.3 Å². The molecule has 36 heavy (non-hydrogen) atoms. The van der Waals surface area contributed by atoms with E-state index in [-0.39, 0.29) is 30.1 Å². The van der Waals surface area contributed by atoms with E-state index in [1.807, 2.05) is 5.38 Å². The topological polar surface area (TPSA) is 88.9 Å². The van der Waals surface area contributed by atoms with E-state index in [2.05, 4.69) is 25.8 Å². The van der Waals surface area contributed by atoms with Gasteiger partial charge < -0.3 is 9.64 Å². The number of fused-ring (bicyclic) bond motifs is 1. The number of amidine groups is 1. The number of hydrogen-bond acceptors (Lipinski definition) is 8. The fraction of sp³-hybridized carbons (Fsp3) is 0.480. The second kappa shape index (κ2) is 9.98. The van der Waals surface area contributed by atoms with Gasteiger partial charge in [-0.2, -0.15) is 0 Å². The molecule has 0 bridgehead atoms. The number of allylic oxidation sites excluding steroid dienone is 1. The number of hydrogen-bond donors (Lipinski definition) is 0. The fourth-order valence-electron chi connectivity index (χ4n) is 5.70. The van der Waals surface area contributed by atoms with E-state index in [1.165, 1.54) is 29.7 Å². The van der Waals surface area contributed by atoms with Gasteiger partial charge in [-0.3, -0.25) is 4.99 Å². The number of nitrogens with zero attached hydrogens (tertiary/aromatic N) is 3. The first-order valence-electron chi connectivity index (χ1n) is 12.0. The largest absolute Gasteiger partial charge is 0.463 e. The maximum atomic E-state index is 14.0. The van der Waals surface area contributed by atoms with Crippen LogP contribution >= 0.6 is 27.3 Å². The van der Waals surface area contributed by atoms with Crippen LogP contribution in [0.4, 0.5) is 4.39 Å². The number of benzene rings is 1. The molecule has 0 spiro atoms. The lowest BCUT2D eigenvalue weighted by Crippen LogP contribution is -2.41. The quantitative estimate of drug-likeness (QED) is 0.429. The Balaban J connectivity index is 1.67. The van der Waals surface area contributed by atoms with Gasteiger partial charge >= 0.3 is 5.97 Å². The van der Waals surface area contributed by atoms with Gasteiger partial charge in [-0.15, -0.1) is 11.3 Å². The van der Waals surface area contributed by atoms with E-state index < -0.39 is 27.7 Å². The number of sulfone groups is 1. The molecule has 11 heteroatoms. The van der Waals surface area contributed by atoms with Crippen LogP contribution in [0.3, 0.4) is 0 Å². The van der Waals surface area contributed by atoms with Crippen molar-refractivity contribution < 1.29 is 22.3 Å². The monoisotopic (exact) mass is 595 g/mol. The molecule has 3 heterocycles. The Morgan fingerprint density at radius 2 is 2.11 bits per heavy atom. The fourth-order valence-corrected chi connectivity index (χ4v) is 8.10. The van der Waals surface area contributed by atoms with Crippen molar-refractivity contribution in [3.05, 3.63) is 61.9 Å². The number of halogens is 2. The molecule has 1 saturated carbocycles. The molecule has 1 aliphatic carbocycles. The van der Waals surface area contributed by atoms with Crippen LogP contribution in [0.1, 0.15) is 42.8 Å². The lowest BCUT2D eigenvalue weighted by Gasteiger charge is -2.42. The average molecular weight is 597 g/mol. The molecular formula is C25H27BrFN3O4S2. The average Bonchev–Trinajstić information content (AvgIpc) is 3.47. The SMILES string of the molecule is CCOC(=O)C1=C2C([C@H]3CCC3CS(C)(=O)=O)CCN2C(c2nccs2)=N[C@H]1c1ccc(F)cc1Br. The molecule has 1 saturated heterocycles. The van der Waals surface area contributed by atoms with Gasteiger partial charge in [-0.25, -0.2) is 22.6 Å². The molecule has 5 rings (SSSR count). The summed E-state index contributed by atoms with van der Waals surface area (Å²) in [6.07, 6.45) is 5.55. The first kappa shape index (κ1) is 25.5. The number of carbonyl (C=O) groups excluding carboxylic acids is 1. The second-order valence-electron chi connectivity index (χ2n) is 9.52. The molecule has 2 fully saturated rings. The first-order chi connectivity index (χ1) is 17.2. The highest BCUT2D eigenvalue weighted by Gasteiger charge is 2.49. The van der Waals surface area contributed by atoms with Gasteiger partial charge in [0.15, 0.2) is 10.8 Å². The molecule has 2 unspecified atom stereocenters. The molecule has 1 aromatic heterocycles. The molecule has 2 aliphatic heterocycles. The zero-order valence-corrected chi connectivity index (χ0v) is 23.2. The van der Waals surface area contributed by atoms with Gasteiger partial charge in [0.05, 0.1) is 17.9 Å². The van der Waals surface area contributed by atoms with Gasteiger partial charge in [0.1, 0.15) is 21.7 Å². The third-order valence-corrected chi connectivity index (χ3v) is 9.74. The van der Waals surface area contributed by atoms with E-state index in [1.54, 1.807) is 19.2 Å². The molecule has 7 nitrogen and oxygen atoms in total. The van der Waals surface area contributed by atoms with Crippen molar-refractivity contribution in [2.75, 3.05) is 25.2 Å². The second-order valence-corrected chi connectivity index (χ2v) is 13.5. The van der Waals surface area contributed by atoms with Crippen LogP contribution in [0, 0.1) is 23.6 Å². The lowest BCUT2D eigenvalue weighted by atomic mass is 9.66. The van der Waals surface area contributed by atoms with Crippen molar-refractivity contribution >= 4 is 48.9 Å². The maximum Gasteiger partial charge on any atom is 0.338 e. The predicted octanol–water partition coefficient (Wildman–Crippen LogP) is 4.76. The van der Waals surface area contributed by atoms with E-state index >= 15 is 0 Å². The van der Waals surface area contributed by atoms with Crippen molar-refractivity contribution in [3.63, 3.8) is 0 Å². The first-order valence-corrected chi connectivity index (χ1v) is 15.7. The number of aliphatic imine (C=N–C) groups is 1. The van der Waals surface area contributed by atoms with E-state index in [0.29, 0.717) is 28.0 Å². The Morgan fingerprint density at radius 1 is 1.31 bits per heavy atom. The number of rotatable bonds is 7. The molecule has 4 atom stereocenters. The number of esters is 1. The van der Waals surface area contributed by atoms with Crippen LogP contribution in [0.2, 0.25) is 0 Å². The summed E-state index contributed by atoms with van der Waals surface area (Å²) < 4.78 is 44.2. The summed E-state index contributed by atoms with van der Waals surface area (Å²) in [5.74, 6) is 0.182. The lowest BCUT2D eigenvalue weighted by molar-refractivity contribution is -0.139. The van der Waals surface area contributed by atoms with Crippen LogP contribution in [-0.2, 0) is 19.4 Å². The van der Waals surface area contributed by atoms with Gasteiger partial charge in [-0.05, 0) is 55.7 Å². The highest BCUT2D eigenvalue weighted by atomic mass is 79.9. The Hall–Kier alpha value is -2.11.